The van der Waals surface area contributed by atoms with Crippen LogP contribution >= 0.6 is 0 Å². The SMILES string of the molecule is COc1cc(N=Nc2cc(S(=O)(=O)O)c3cccc(S(=O)(=O)O)c3c2)c(C)cc1N. The molecular formula is C18H17N3O7S2. The molecule has 3 aromatic carbocycles. The first-order valence-corrected chi connectivity index (χ1v) is 11.2. The molecule has 0 aliphatic rings. The summed E-state index contributed by atoms with van der Waals surface area (Å²) in [6, 6.07) is 9.06. The Morgan fingerprint density at radius 3 is 2.17 bits per heavy atom. The summed E-state index contributed by atoms with van der Waals surface area (Å²) >= 11 is 0. The molecule has 10 nitrogen and oxygen atoms in total. The smallest absolute Gasteiger partial charge is 0.295 e. The van der Waals surface area contributed by atoms with E-state index < -0.39 is 30.0 Å². The van der Waals surface area contributed by atoms with Gasteiger partial charge in [-0.25, -0.2) is 0 Å². The topological polar surface area (TPSA) is 169 Å². The summed E-state index contributed by atoms with van der Waals surface area (Å²) in [5.74, 6) is 0.361. The predicted molar refractivity (Wildman–Crippen MR) is 110 cm³/mol. The van der Waals surface area contributed by atoms with Crippen molar-refractivity contribution in [1.29, 1.82) is 0 Å². The van der Waals surface area contributed by atoms with Crippen LogP contribution in [0.5, 0.6) is 5.75 Å². The molecule has 0 atom stereocenters. The molecule has 0 aliphatic carbocycles. The summed E-state index contributed by atoms with van der Waals surface area (Å²) in [6.45, 7) is 1.73. The number of ether oxygens (including phenoxy) is 1. The van der Waals surface area contributed by atoms with Crippen molar-refractivity contribution in [2.75, 3.05) is 12.8 Å². The van der Waals surface area contributed by atoms with E-state index in [1.807, 2.05) is 0 Å². The average molecular weight is 451 g/mol. The highest BCUT2D eigenvalue weighted by Crippen LogP contribution is 2.35. The van der Waals surface area contributed by atoms with Crippen LogP contribution in [0.15, 0.2) is 62.5 Å². The minimum absolute atomic E-state index is 0.0681. The lowest BCUT2D eigenvalue weighted by Crippen LogP contribution is -2.03. The number of azo groups is 1. The van der Waals surface area contributed by atoms with Crippen molar-refractivity contribution in [1.82, 2.24) is 0 Å². The molecule has 0 fully saturated rings. The molecule has 12 heteroatoms. The second-order valence-corrected chi connectivity index (χ2v) is 9.11. The Morgan fingerprint density at radius 1 is 0.900 bits per heavy atom. The number of hydrogen-bond acceptors (Lipinski definition) is 8. The van der Waals surface area contributed by atoms with E-state index in [4.69, 9.17) is 10.5 Å². The van der Waals surface area contributed by atoms with Crippen LogP contribution in [-0.2, 0) is 20.2 Å². The lowest BCUT2D eigenvalue weighted by molar-refractivity contribution is 0.417. The fourth-order valence-electron chi connectivity index (χ4n) is 2.90. The quantitative estimate of drug-likeness (QED) is 0.300. The standard InChI is InChI=1S/C18H17N3O7S2/c1-10-6-14(19)16(28-2)9-15(10)21-20-11-7-13-12(18(8-11)30(25,26)27)4-3-5-17(13)29(22,23)24/h3-9H,19H2,1-2H3,(H,22,23,24)(H,25,26,27). The molecule has 0 unspecified atom stereocenters. The summed E-state index contributed by atoms with van der Waals surface area (Å²) in [5.41, 5.74) is 7.18. The van der Waals surface area contributed by atoms with Gasteiger partial charge < -0.3 is 10.5 Å². The minimum atomic E-state index is -4.74. The maximum Gasteiger partial charge on any atom is 0.295 e. The number of hydrogen-bond donors (Lipinski definition) is 3. The van der Waals surface area contributed by atoms with Gasteiger partial charge in [-0.15, -0.1) is 0 Å². The van der Waals surface area contributed by atoms with E-state index >= 15 is 0 Å². The molecule has 0 aliphatic heterocycles. The molecule has 3 aromatic rings. The Balaban J connectivity index is 2.26. The van der Waals surface area contributed by atoms with Crippen LogP contribution in [0.2, 0.25) is 0 Å². The third-order valence-electron chi connectivity index (χ3n) is 4.28. The van der Waals surface area contributed by atoms with Crippen LogP contribution in [0.3, 0.4) is 0 Å². The van der Waals surface area contributed by atoms with E-state index in [1.54, 1.807) is 13.0 Å². The summed E-state index contributed by atoms with van der Waals surface area (Å²) in [6.07, 6.45) is 0. The zero-order valence-corrected chi connectivity index (χ0v) is 17.4. The number of methoxy groups -OCH3 is 1. The van der Waals surface area contributed by atoms with Crippen molar-refractivity contribution < 1.29 is 30.7 Å². The zero-order chi connectivity index (χ0) is 22.3. The molecule has 0 spiro atoms. The number of fused-ring (bicyclic) bond motifs is 1. The van der Waals surface area contributed by atoms with Gasteiger partial charge in [-0.3, -0.25) is 9.11 Å². The van der Waals surface area contributed by atoms with Gasteiger partial charge in [0.1, 0.15) is 15.5 Å². The van der Waals surface area contributed by atoms with Crippen LogP contribution in [-0.4, -0.2) is 33.1 Å². The van der Waals surface area contributed by atoms with Crippen molar-refractivity contribution in [2.24, 2.45) is 10.2 Å². The van der Waals surface area contributed by atoms with E-state index in [9.17, 15) is 25.9 Å². The number of anilines is 1. The Kier molecular flexibility index (Phi) is 5.52. The van der Waals surface area contributed by atoms with Crippen LogP contribution in [0.1, 0.15) is 5.56 Å². The lowest BCUT2D eigenvalue weighted by atomic mass is 10.1. The Hall–Kier alpha value is -3.06. The van der Waals surface area contributed by atoms with Gasteiger partial charge in [0.2, 0.25) is 0 Å². The normalized spacial score (nSPS) is 12.5. The second kappa shape index (κ2) is 7.65. The summed E-state index contributed by atoms with van der Waals surface area (Å²) in [4.78, 5) is -1.11. The van der Waals surface area contributed by atoms with Crippen molar-refractivity contribution in [3.05, 3.63) is 48.0 Å². The van der Waals surface area contributed by atoms with Gasteiger partial charge in [0.05, 0.1) is 24.2 Å². The highest BCUT2D eigenvalue weighted by Gasteiger charge is 2.21. The summed E-state index contributed by atoms with van der Waals surface area (Å²) in [5, 5.41) is 7.77. The lowest BCUT2D eigenvalue weighted by Gasteiger charge is -2.09. The highest BCUT2D eigenvalue weighted by atomic mass is 32.2. The number of rotatable bonds is 5. The Bertz CT molecular complexity index is 1400. The van der Waals surface area contributed by atoms with Gasteiger partial charge in [0.25, 0.3) is 20.2 Å². The molecular weight excluding hydrogens is 434 g/mol. The predicted octanol–water partition coefficient (Wildman–Crippen LogP) is 3.65. The summed E-state index contributed by atoms with van der Waals surface area (Å²) in [7, 11) is -7.98. The monoisotopic (exact) mass is 451 g/mol. The first-order valence-electron chi connectivity index (χ1n) is 8.29. The van der Waals surface area contributed by atoms with E-state index in [-0.39, 0.29) is 16.5 Å². The van der Waals surface area contributed by atoms with Crippen LogP contribution < -0.4 is 10.5 Å². The van der Waals surface area contributed by atoms with Crippen LogP contribution in [0, 0.1) is 6.92 Å². The molecule has 0 radical (unpaired) electrons. The molecule has 0 bridgehead atoms. The maximum atomic E-state index is 11.9. The number of nitrogens with zero attached hydrogens (tertiary/aromatic N) is 2. The van der Waals surface area contributed by atoms with Crippen LogP contribution in [0.4, 0.5) is 17.1 Å². The second-order valence-electron chi connectivity index (χ2n) is 6.33. The first kappa shape index (κ1) is 21.6. The molecule has 0 saturated heterocycles. The van der Waals surface area contributed by atoms with Gasteiger partial charge in [-0.2, -0.15) is 27.1 Å². The van der Waals surface area contributed by atoms with Crippen molar-refractivity contribution in [3.63, 3.8) is 0 Å². The number of nitrogen functional groups attached to an aromatic ring is 1. The summed E-state index contributed by atoms with van der Waals surface area (Å²) < 4.78 is 71.3. The van der Waals surface area contributed by atoms with Gasteiger partial charge in [-0.05, 0) is 36.8 Å². The Morgan fingerprint density at radius 2 is 1.57 bits per heavy atom. The first-order chi connectivity index (χ1) is 13.9. The van der Waals surface area contributed by atoms with E-state index in [1.165, 1.54) is 31.4 Å². The number of aryl methyl sites for hydroxylation is 1. The third-order valence-corrected chi connectivity index (χ3v) is 6.09. The molecule has 30 heavy (non-hydrogen) atoms. The number of nitrogens with two attached hydrogens (primary N) is 1. The molecule has 3 rings (SSSR count). The Labute approximate surface area is 172 Å². The molecule has 158 valence electrons. The van der Waals surface area contributed by atoms with E-state index in [0.29, 0.717) is 22.7 Å². The van der Waals surface area contributed by atoms with Gasteiger partial charge in [0, 0.05) is 16.8 Å². The largest absolute Gasteiger partial charge is 0.495 e. The molecule has 0 heterocycles. The zero-order valence-electron chi connectivity index (χ0n) is 15.8. The average Bonchev–Trinajstić information content (AvgIpc) is 2.64. The van der Waals surface area contributed by atoms with E-state index in [0.717, 1.165) is 12.1 Å². The van der Waals surface area contributed by atoms with Crippen molar-refractivity contribution in [2.45, 2.75) is 16.7 Å². The minimum Gasteiger partial charge on any atom is -0.495 e. The van der Waals surface area contributed by atoms with Crippen molar-refractivity contribution >= 4 is 48.1 Å². The van der Waals surface area contributed by atoms with E-state index in [2.05, 4.69) is 10.2 Å². The fraction of sp³-hybridized carbons (Fsp3) is 0.111. The van der Waals surface area contributed by atoms with Crippen LogP contribution in [0.25, 0.3) is 10.8 Å². The van der Waals surface area contributed by atoms with Gasteiger partial charge >= 0.3 is 0 Å². The molecule has 0 amide bonds. The van der Waals surface area contributed by atoms with Crippen molar-refractivity contribution in [3.8, 4) is 5.75 Å². The highest BCUT2D eigenvalue weighted by molar-refractivity contribution is 7.86. The van der Waals surface area contributed by atoms with Gasteiger partial charge in [0.15, 0.2) is 0 Å². The third kappa shape index (κ3) is 4.26. The van der Waals surface area contributed by atoms with Gasteiger partial charge in [-0.1, -0.05) is 12.1 Å². The molecule has 0 aromatic heterocycles. The maximum absolute atomic E-state index is 11.9. The number of benzene rings is 3. The fourth-order valence-corrected chi connectivity index (χ4v) is 4.32. The molecule has 4 N–H and O–H groups in total. The molecule has 0 saturated carbocycles.